The second kappa shape index (κ2) is 15.2. The summed E-state index contributed by atoms with van der Waals surface area (Å²) in [5.41, 5.74) is 16.4. The minimum Gasteiger partial charge on any atom is -1.00 e. The molecule has 268 valence electrons. The molecule has 2 aliphatic carbocycles. The molecule has 4 aromatic rings. The Morgan fingerprint density at radius 3 is 1.35 bits per heavy atom. The molecule has 0 heterocycles. The SMILES string of the molecule is Cc1cc2c(cc1C(C)(C)C)-c1cc(C(C)(C)C)c(C)cc1[CH]2[Zr+2]([C]1=CC(C(C)(C)C)=CC1C(C)C)=[C](c1ccccc1)c1ccccc1.[Cl-].[Cl-]. The average molecular weight is 797 g/mol. The fourth-order valence-electron chi connectivity index (χ4n) is 8.51. The van der Waals surface area contributed by atoms with Crippen LogP contribution < -0.4 is 24.8 Å². The van der Waals surface area contributed by atoms with Crippen molar-refractivity contribution in [1.29, 1.82) is 0 Å². The van der Waals surface area contributed by atoms with Crippen molar-refractivity contribution in [2.75, 3.05) is 0 Å². The topological polar surface area (TPSA) is 0 Å². The molecule has 0 nitrogen and oxygen atoms in total. The molecule has 6 rings (SSSR count). The van der Waals surface area contributed by atoms with E-state index >= 15 is 0 Å². The van der Waals surface area contributed by atoms with Gasteiger partial charge in [0, 0.05) is 0 Å². The van der Waals surface area contributed by atoms with Crippen LogP contribution in [-0.4, -0.2) is 3.21 Å². The van der Waals surface area contributed by atoms with Crippen LogP contribution in [0.4, 0.5) is 0 Å². The maximum absolute atomic E-state index is 2.94. The van der Waals surface area contributed by atoms with Crippen LogP contribution >= 0.6 is 0 Å². The van der Waals surface area contributed by atoms with Crippen molar-refractivity contribution in [3.8, 4) is 11.1 Å². The maximum Gasteiger partial charge on any atom is -1.00 e. The van der Waals surface area contributed by atoms with Gasteiger partial charge in [-0.3, -0.25) is 0 Å². The van der Waals surface area contributed by atoms with Crippen molar-refractivity contribution in [1.82, 2.24) is 0 Å². The van der Waals surface area contributed by atoms with Gasteiger partial charge in [0.1, 0.15) is 0 Å². The third-order valence-corrected chi connectivity index (χ3v) is 19.3. The monoisotopic (exact) mass is 794 g/mol. The van der Waals surface area contributed by atoms with Crippen LogP contribution in [0.15, 0.2) is 106 Å². The van der Waals surface area contributed by atoms with Crippen LogP contribution in [-0.2, 0) is 32.1 Å². The van der Waals surface area contributed by atoms with Crippen molar-refractivity contribution in [3.05, 3.63) is 150 Å². The van der Waals surface area contributed by atoms with E-state index in [1.807, 2.05) is 0 Å². The molecule has 0 saturated carbocycles. The molecule has 0 amide bonds. The zero-order valence-corrected chi connectivity index (χ0v) is 37.2. The van der Waals surface area contributed by atoms with Crippen LogP contribution in [0, 0.1) is 31.1 Å². The van der Waals surface area contributed by atoms with E-state index in [-0.39, 0.29) is 41.1 Å². The van der Waals surface area contributed by atoms with Gasteiger partial charge in [-0.2, -0.15) is 0 Å². The molecule has 0 spiro atoms. The van der Waals surface area contributed by atoms with Gasteiger partial charge in [-0.1, -0.05) is 0 Å². The summed E-state index contributed by atoms with van der Waals surface area (Å²) in [6, 6.07) is 33.3. The third-order valence-electron chi connectivity index (χ3n) is 10.9. The Balaban J connectivity index is 0.00000292. The standard InChI is InChI=1S/C23H29.C13H10.C12H19.2ClH.Zr/c1-14-9-16-11-17-10-15(2)21(23(6,7)8)13-19(17)18(16)12-20(14)22(3,4)5;1-3-7-12(8-4-1)11-13-9-5-2-6-10-13;1-9(2)10-6-7-11(8-10)12(3,4)5;;;/h9-13H,1-8H3;1-10H;7-10H,1-5H3;2*1H;/q;;;;;+2/p-2. The summed E-state index contributed by atoms with van der Waals surface area (Å²) >= 11 is -2.94. The second-order valence-electron chi connectivity index (χ2n) is 18.2. The first-order valence-electron chi connectivity index (χ1n) is 18.5. The van der Waals surface area contributed by atoms with E-state index < -0.39 is 21.3 Å². The predicted octanol–water partition coefficient (Wildman–Crippen LogP) is 7.01. The molecule has 0 radical (unpaired) electrons. The van der Waals surface area contributed by atoms with Crippen molar-refractivity contribution in [2.45, 2.75) is 104 Å². The molecule has 1 atom stereocenters. The first kappa shape index (κ1) is 41.4. The summed E-state index contributed by atoms with van der Waals surface area (Å²) in [5, 5.41) is 0. The number of halogens is 2. The van der Waals surface area contributed by atoms with E-state index in [1.165, 1.54) is 50.1 Å². The van der Waals surface area contributed by atoms with Gasteiger partial charge >= 0.3 is 308 Å². The number of aryl methyl sites for hydroxylation is 2. The molecule has 0 aromatic heterocycles. The molecule has 0 saturated heterocycles. The van der Waals surface area contributed by atoms with Gasteiger partial charge in [-0.15, -0.1) is 0 Å². The molecular weight excluding hydrogens is 739 g/mol. The van der Waals surface area contributed by atoms with Crippen molar-refractivity contribution >= 4 is 3.21 Å². The zero-order chi connectivity index (χ0) is 35.6. The van der Waals surface area contributed by atoms with Gasteiger partial charge in [0.05, 0.1) is 0 Å². The van der Waals surface area contributed by atoms with Gasteiger partial charge in [0.2, 0.25) is 0 Å². The van der Waals surface area contributed by atoms with Crippen LogP contribution in [0.2, 0.25) is 0 Å². The van der Waals surface area contributed by atoms with Crippen LogP contribution in [0.25, 0.3) is 11.1 Å². The number of benzene rings is 4. The fraction of sp³-hybridized carbons (Fsp3) is 0.396. The molecule has 0 N–H and O–H groups in total. The van der Waals surface area contributed by atoms with E-state index in [4.69, 9.17) is 0 Å². The summed E-state index contributed by atoms with van der Waals surface area (Å²) in [6.45, 7) is 31.0. The first-order chi connectivity index (χ1) is 22.9. The number of hydrogen-bond acceptors (Lipinski definition) is 0. The number of fused-ring (bicyclic) bond motifs is 3. The van der Waals surface area contributed by atoms with Gasteiger partial charge in [0.15, 0.2) is 0 Å². The predicted molar refractivity (Wildman–Crippen MR) is 211 cm³/mol. The van der Waals surface area contributed by atoms with Gasteiger partial charge in [-0.05, 0) is 0 Å². The maximum atomic E-state index is 2.70. The second-order valence-corrected chi connectivity index (χ2v) is 24.3. The molecule has 51 heavy (non-hydrogen) atoms. The molecular formula is C48H58Cl2Zr. The largest absolute Gasteiger partial charge is 1.00 e. The summed E-state index contributed by atoms with van der Waals surface area (Å²) < 4.78 is 3.76. The van der Waals surface area contributed by atoms with E-state index in [2.05, 4.69) is 187 Å². The minimum absolute atomic E-state index is 0. The Morgan fingerprint density at radius 2 is 1.00 bits per heavy atom. The molecule has 0 aliphatic heterocycles. The van der Waals surface area contributed by atoms with Gasteiger partial charge in [-0.25, -0.2) is 0 Å². The summed E-state index contributed by atoms with van der Waals surface area (Å²) in [7, 11) is 0. The van der Waals surface area contributed by atoms with Crippen molar-refractivity contribution in [3.63, 3.8) is 0 Å². The molecule has 3 heteroatoms. The van der Waals surface area contributed by atoms with E-state index in [1.54, 1.807) is 17.6 Å². The Labute approximate surface area is 330 Å². The quantitative estimate of drug-likeness (QED) is 0.204. The third kappa shape index (κ3) is 7.98. The van der Waals surface area contributed by atoms with E-state index in [0.29, 0.717) is 15.5 Å². The van der Waals surface area contributed by atoms with Crippen LogP contribution in [0.5, 0.6) is 0 Å². The average Bonchev–Trinajstić information content (AvgIpc) is 3.59. The fourth-order valence-corrected chi connectivity index (χ4v) is 18.5. The van der Waals surface area contributed by atoms with Gasteiger partial charge < -0.3 is 24.8 Å². The van der Waals surface area contributed by atoms with Crippen molar-refractivity contribution < 1.29 is 46.1 Å². The number of hydrogen-bond donors (Lipinski definition) is 0. The Morgan fingerprint density at radius 1 is 0.588 bits per heavy atom. The molecule has 0 fully saturated rings. The normalized spacial score (nSPS) is 15.6. The van der Waals surface area contributed by atoms with Gasteiger partial charge in [0.25, 0.3) is 0 Å². The Bertz CT molecular complexity index is 1880. The van der Waals surface area contributed by atoms with Crippen molar-refractivity contribution in [2.24, 2.45) is 17.3 Å². The van der Waals surface area contributed by atoms with Crippen LogP contribution in [0.1, 0.15) is 124 Å². The van der Waals surface area contributed by atoms with Crippen LogP contribution in [0.3, 0.4) is 0 Å². The summed E-state index contributed by atoms with van der Waals surface area (Å²) in [4.78, 5) is 0. The molecule has 0 bridgehead atoms. The number of rotatable bonds is 5. The Hall–Kier alpha value is -2.31. The number of allylic oxidation sites excluding steroid dienone is 4. The van der Waals surface area contributed by atoms with E-state index in [0.717, 1.165) is 0 Å². The summed E-state index contributed by atoms with van der Waals surface area (Å²) in [6.07, 6.45) is 5.36. The Kier molecular flexibility index (Phi) is 12.4. The first-order valence-corrected chi connectivity index (χ1v) is 22.4. The van der Waals surface area contributed by atoms with E-state index in [9.17, 15) is 0 Å². The molecule has 1 unspecified atom stereocenters. The zero-order valence-electron chi connectivity index (χ0n) is 33.2. The molecule has 4 aromatic carbocycles. The smallest absolute Gasteiger partial charge is 1.00 e. The summed E-state index contributed by atoms with van der Waals surface area (Å²) in [5.74, 6) is 0.980. The minimum atomic E-state index is -2.94. The molecule has 2 aliphatic rings.